The van der Waals surface area contributed by atoms with Crippen LogP contribution in [0.25, 0.3) is 0 Å². The SMILES string of the molecule is COc1ccc(CN(C(=O)COc2ccccc2F)C(C)C(=O)NC2CCCCC2)cc1. The standard InChI is InChI=1S/C25H31FN2O4/c1-18(25(30)27-20-8-4-3-5-9-20)28(16-19-12-14-21(31-2)15-13-19)24(29)17-32-23-11-7-6-10-22(23)26/h6-7,10-15,18,20H,3-5,8-9,16-17H2,1-2H3,(H,27,30). The molecule has 1 N–H and O–H groups in total. The topological polar surface area (TPSA) is 67.9 Å². The monoisotopic (exact) mass is 442 g/mol. The molecule has 2 aromatic rings. The minimum Gasteiger partial charge on any atom is -0.497 e. The van der Waals surface area contributed by atoms with Gasteiger partial charge in [0.15, 0.2) is 18.2 Å². The second-order valence-electron chi connectivity index (χ2n) is 8.11. The van der Waals surface area contributed by atoms with Gasteiger partial charge in [-0.1, -0.05) is 43.5 Å². The Bertz CT molecular complexity index is 897. The minimum atomic E-state index is -0.698. The molecule has 2 aromatic carbocycles. The summed E-state index contributed by atoms with van der Waals surface area (Å²) in [6, 6.07) is 12.7. The lowest BCUT2D eigenvalue weighted by molar-refractivity contribution is -0.142. The number of nitrogens with zero attached hydrogens (tertiary/aromatic N) is 1. The molecule has 6 nitrogen and oxygen atoms in total. The molecule has 1 saturated carbocycles. The average Bonchev–Trinajstić information content (AvgIpc) is 2.82. The molecule has 0 radical (unpaired) electrons. The van der Waals surface area contributed by atoms with Crippen molar-refractivity contribution in [2.45, 2.75) is 57.7 Å². The van der Waals surface area contributed by atoms with Crippen LogP contribution in [0.1, 0.15) is 44.6 Å². The van der Waals surface area contributed by atoms with Crippen LogP contribution < -0.4 is 14.8 Å². The van der Waals surface area contributed by atoms with Gasteiger partial charge in [0.1, 0.15) is 11.8 Å². The highest BCUT2D eigenvalue weighted by Gasteiger charge is 2.28. The maximum Gasteiger partial charge on any atom is 0.261 e. The molecule has 172 valence electrons. The number of carbonyl (C=O) groups is 2. The maximum atomic E-state index is 13.9. The van der Waals surface area contributed by atoms with Gasteiger partial charge in [-0.15, -0.1) is 0 Å². The molecule has 32 heavy (non-hydrogen) atoms. The zero-order chi connectivity index (χ0) is 22.9. The molecular formula is C25H31FN2O4. The largest absolute Gasteiger partial charge is 0.497 e. The van der Waals surface area contributed by atoms with Gasteiger partial charge in [0, 0.05) is 12.6 Å². The van der Waals surface area contributed by atoms with Gasteiger partial charge in [-0.25, -0.2) is 4.39 Å². The van der Waals surface area contributed by atoms with E-state index < -0.39 is 17.8 Å². The van der Waals surface area contributed by atoms with Crippen LogP contribution in [0.5, 0.6) is 11.5 Å². The maximum absolute atomic E-state index is 13.9. The molecule has 1 unspecified atom stereocenters. The van der Waals surface area contributed by atoms with Gasteiger partial charge in [0.25, 0.3) is 5.91 Å². The Kier molecular flexibility index (Phi) is 8.48. The van der Waals surface area contributed by atoms with E-state index in [0.717, 1.165) is 31.2 Å². The Balaban J connectivity index is 1.71. The number of benzene rings is 2. The van der Waals surface area contributed by atoms with Crippen LogP contribution in [0.4, 0.5) is 4.39 Å². The number of rotatable bonds is 9. The highest BCUT2D eigenvalue weighted by Crippen LogP contribution is 2.20. The molecule has 0 spiro atoms. The van der Waals surface area contributed by atoms with E-state index in [9.17, 15) is 14.0 Å². The van der Waals surface area contributed by atoms with Gasteiger partial charge < -0.3 is 19.7 Å². The summed E-state index contributed by atoms with van der Waals surface area (Å²) in [5.41, 5.74) is 0.849. The molecule has 1 aliphatic carbocycles. The molecule has 1 atom stereocenters. The van der Waals surface area contributed by atoms with Crippen molar-refractivity contribution in [3.05, 3.63) is 59.9 Å². The fourth-order valence-electron chi connectivity index (χ4n) is 3.86. The minimum absolute atomic E-state index is 0.00422. The Morgan fingerprint density at radius 2 is 1.78 bits per heavy atom. The summed E-state index contributed by atoms with van der Waals surface area (Å²) >= 11 is 0. The van der Waals surface area contributed by atoms with Crippen LogP contribution in [0.15, 0.2) is 48.5 Å². The third-order valence-corrected chi connectivity index (χ3v) is 5.82. The number of amides is 2. The summed E-state index contributed by atoms with van der Waals surface area (Å²) in [5, 5.41) is 3.09. The zero-order valence-corrected chi connectivity index (χ0v) is 18.7. The summed E-state index contributed by atoms with van der Waals surface area (Å²) in [6.45, 7) is 1.57. The molecule has 1 aliphatic rings. The smallest absolute Gasteiger partial charge is 0.261 e. The quantitative estimate of drug-likeness (QED) is 0.636. The molecule has 0 heterocycles. The molecule has 0 aromatic heterocycles. The summed E-state index contributed by atoms with van der Waals surface area (Å²) in [5.74, 6) is -0.410. The number of hydrogen-bond acceptors (Lipinski definition) is 4. The van der Waals surface area contributed by atoms with Crippen LogP contribution in [-0.4, -0.2) is 42.5 Å². The number of hydrogen-bond donors (Lipinski definition) is 1. The van der Waals surface area contributed by atoms with E-state index in [-0.39, 0.29) is 30.9 Å². The first-order valence-corrected chi connectivity index (χ1v) is 11.1. The first-order chi connectivity index (χ1) is 15.5. The van der Waals surface area contributed by atoms with Gasteiger partial charge >= 0.3 is 0 Å². The van der Waals surface area contributed by atoms with Crippen molar-refractivity contribution >= 4 is 11.8 Å². The van der Waals surface area contributed by atoms with Gasteiger partial charge in [0.2, 0.25) is 5.91 Å². The van der Waals surface area contributed by atoms with E-state index in [1.807, 2.05) is 12.1 Å². The lowest BCUT2D eigenvalue weighted by atomic mass is 9.95. The molecule has 0 saturated heterocycles. The van der Waals surface area contributed by atoms with E-state index >= 15 is 0 Å². The van der Waals surface area contributed by atoms with Crippen LogP contribution in [0.3, 0.4) is 0 Å². The summed E-state index contributed by atoms with van der Waals surface area (Å²) in [7, 11) is 1.59. The van der Waals surface area contributed by atoms with Crippen molar-refractivity contribution in [2.75, 3.05) is 13.7 Å². The fourth-order valence-corrected chi connectivity index (χ4v) is 3.86. The van der Waals surface area contributed by atoms with Crippen molar-refractivity contribution < 1.29 is 23.5 Å². The zero-order valence-electron chi connectivity index (χ0n) is 18.7. The molecule has 7 heteroatoms. The van der Waals surface area contributed by atoms with E-state index in [0.29, 0.717) is 5.75 Å². The summed E-state index contributed by atoms with van der Waals surface area (Å²) in [4.78, 5) is 27.5. The van der Waals surface area contributed by atoms with E-state index in [4.69, 9.17) is 9.47 Å². The molecule has 2 amide bonds. The number of carbonyl (C=O) groups excluding carboxylic acids is 2. The van der Waals surface area contributed by atoms with Crippen molar-refractivity contribution in [3.8, 4) is 11.5 Å². The number of methoxy groups -OCH3 is 1. The molecule has 0 aliphatic heterocycles. The highest BCUT2D eigenvalue weighted by molar-refractivity contribution is 5.88. The number of para-hydroxylation sites is 1. The summed E-state index contributed by atoms with van der Waals surface area (Å²) < 4.78 is 24.5. The first kappa shape index (κ1) is 23.6. The second kappa shape index (κ2) is 11.5. The normalized spacial score (nSPS) is 15.0. The Labute approximate surface area is 188 Å². The fraction of sp³-hybridized carbons (Fsp3) is 0.440. The molecule has 1 fully saturated rings. The van der Waals surface area contributed by atoms with E-state index in [2.05, 4.69) is 5.32 Å². The van der Waals surface area contributed by atoms with Crippen LogP contribution >= 0.6 is 0 Å². The van der Waals surface area contributed by atoms with Crippen molar-refractivity contribution in [3.63, 3.8) is 0 Å². The van der Waals surface area contributed by atoms with Crippen molar-refractivity contribution in [1.82, 2.24) is 10.2 Å². The highest BCUT2D eigenvalue weighted by atomic mass is 19.1. The van der Waals surface area contributed by atoms with Gasteiger partial charge in [-0.3, -0.25) is 9.59 Å². The third-order valence-electron chi connectivity index (χ3n) is 5.82. The predicted molar refractivity (Wildman–Crippen MR) is 120 cm³/mol. The lowest BCUT2D eigenvalue weighted by Gasteiger charge is -2.31. The predicted octanol–water partition coefficient (Wildman–Crippen LogP) is 4.08. The van der Waals surface area contributed by atoms with Crippen LogP contribution in [0.2, 0.25) is 0 Å². The summed E-state index contributed by atoms with van der Waals surface area (Å²) in [6.07, 6.45) is 5.31. The molecular weight excluding hydrogens is 411 g/mol. The molecule has 0 bridgehead atoms. The Morgan fingerprint density at radius 1 is 1.09 bits per heavy atom. The molecule has 3 rings (SSSR count). The van der Waals surface area contributed by atoms with Crippen LogP contribution in [-0.2, 0) is 16.1 Å². The number of halogens is 1. The van der Waals surface area contributed by atoms with Gasteiger partial charge in [-0.05, 0) is 49.6 Å². The lowest BCUT2D eigenvalue weighted by Crippen LogP contribution is -2.51. The Morgan fingerprint density at radius 3 is 2.44 bits per heavy atom. The van der Waals surface area contributed by atoms with E-state index in [1.165, 1.54) is 23.5 Å². The van der Waals surface area contributed by atoms with Gasteiger partial charge in [0.05, 0.1) is 7.11 Å². The van der Waals surface area contributed by atoms with Crippen molar-refractivity contribution in [1.29, 1.82) is 0 Å². The van der Waals surface area contributed by atoms with E-state index in [1.54, 1.807) is 38.3 Å². The van der Waals surface area contributed by atoms with Gasteiger partial charge in [-0.2, -0.15) is 0 Å². The number of nitrogens with one attached hydrogen (secondary N) is 1. The number of ether oxygens (including phenoxy) is 2. The van der Waals surface area contributed by atoms with Crippen molar-refractivity contribution in [2.24, 2.45) is 0 Å². The Hall–Kier alpha value is -3.09. The van der Waals surface area contributed by atoms with Crippen LogP contribution in [0, 0.1) is 5.82 Å². The average molecular weight is 443 g/mol. The third kappa shape index (κ3) is 6.45. The second-order valence-corrected chi connectivity index (χ2v) is 8.11. The first-order valence-electron chi connectivity index (χ1n) is 11.1.